The summed E-state index contributed by atoms with van der Waals surface area (Å²) in [4.78, 5) is 10.5. The summed E-state index contributed by atoms with van der Waals surface area (Å²) >= 11 is 0. The van der Waals surface area contributed by atoms with E-state index >= 15 is 0 Å². The van der Waals surface area contributed by atoms with E-state index in [0.29, 0.717) is 29.7 Å². The standard InChI is InChI=1S/C14H18FN5O/c1-3-20(11-6-4-5-10(15)7-11)14-8-12(19-16)17-13(18-14)9-21-2/h4-8H,3,9,16H2,1-2H3,(H,17,18,19). The Morgan fingerprint density at radius 1 is 1.33 bits per heavy atom. The average Bonchev–Trinajstić information content (AvgIpc) is 2.48. The predicted octanol–water partition coefficient (Wildman–Crippen LogP) is 2.21. The van der Waals surface area contributed by atoms with Gasteiger partial charge in [0.05, 0.1) is 0 Å². The number of nitrogens with two attached hydrogens (primary N) is 1. The number of aromatic nitrogens is 2. The first kappa shape index (κ1) is 15.1. The molecule has 0 fully saturated rings. The summed E-state index contributed by atoms with van der Waals surface area (Å²) in [6.45, 7) is 2.85. The Kier molecular flexibility index (Phi) is 5.02. The van der Waals surface area contributed by atoms with Gasteiger partial charge in [0, 0.05) is 25.4 Å². The number of ether oxygens (including phenoxy) is 1. The van der Waals surface area contributed by atoms with Crippen molar-refractivity contribution in [2.75, 3.05) is 24.0 Å². The van der Waals surface area contributed by atoms with Gasteiger partial charge >= 0.3 is 0 Å². The van der Waals surface area contributed by atoms with Gasteiger partial charge in [-0.25, -0.2) is 20.2 Å². The van der Waals surface area contributed by atoms with Crippen molar-refractivity contribution in [3.8, 4) is 0 Å². The van der Waals surface area contributed by atoms with Crippen molar-refractivity contribution >= 4 is 17.3 Å². The molecular formula is C14H18FN5O. The average molecular weight is 291 g/mol. The molecule has 0 unspecified atom stereocenters. The maximum atomic E-state index is 13.4. The number of hydrogen-bond donors (Lipinski definition) is 2. The second-order valence-electron chi connectivity index (χ2n) is 4.33. The number of hydrogen-bond acceptors (Lipinski definition) is 6. The third-order valence-corrected chi connectivity index (χ3v) is 2.89. The van der Waals surface area contributed by atoms with Gasteiger partial charge in [0.25, 0.3) is 0 Å². The SMILES string of the molecule is CCN(c1cccc(F)c1)c1cc(NN)nc(COC)n1. The summed E-state index contributed by atoms with van der Waals surface area (Å²) in [5.41, 5.74) is 3.21. The molecular weight excluding hydrogens is 273 g/mol. The Labute approximate surface area is 122 Å². The van der Waals surface area contributed by atoms with E-state index in [0.717, 1.165) is 0 Å². The molecule has 21 heavy (non-hydrogen) atoms. The predicted molar refractivity (Wildman–Crippen MR) is 79.6 cm³/mol. The minimum atomic E-state index is -0.297. The van der Waals surface area contributed by atoms with Crippen molar-refractivity contribution in [1.29, 1.82) is 0 Å². The molecule has 0 amide bonds. The van der Waals surface area contributed by atoms with Crippen LogP contribution in [0.2, 0.25) is 0 Å². The van der Waals surface area contributed by atoms with Gasteiger partial charge in [-0.1, -0.05) is 6.07 Å². The number of hydrazine groups is 1. The molecule has 7 heteroatoms. The Bertz CT molecular complexity index is 608. The molecule has 1 aromatic heterocycles. The number of nitrogens with zero attached hydrogens (tertiary/aromatic N) is 3. The molecule has 0 aliphatic rings. The topological polar surface area (TPSA) is 76.3 Å². The number of nitrogen functional groups attached to an aromatic ring is 1. The minimum absolute atomic E-state index is 0.267. The first-order valence-corrected chi connectivity index (χ1v) is 6.54. The van der Waals surface area contributed by atoms with Gasteiger partial charge < -0.3 is 15.1 Å². The lowest BCUT2D eigenvalue weighted by molar-refractivity contribution is 0.178. The molecule has 2 aromatic rings. The molecule has 1 aromatic carbocycles. The quantitative estimate of drug-likeness (QED) is 0.627. The Morgan fingerprint density at radius 3 is 2.76 bits per heavy atom. The molecule has 0 saturated carbocycles. The summed E-state index contributed by atoms with van der Waals surface area (Å²) in [5, 5.41) is 0. The fraction of sp³-hybridized carbons (Fsp3) is 0.286. The van der Waals surface area contributed by atoms with E-state index in [1.807, 2.05) is 17.9 Å². The molecule has 6 nitrogen and oxygen atoms in total. The van der Waals surface area contributed by atoms with Gasteiger partial charge in [0.15, 0.2) is 5.82 Å². The van der Waals surface area contributed by atoms with Crippen LogP contribution in [-0.2, 0) is 11.3 Å². The maximum Gasteiger partial charge on any atom is 0.158 e. The van der Waals surface area contributed by atoms with Gasteiger partial charge in [0.2, 0.25) is 0 Å². The molecule has 0 atom stereocenters. The lowest BCUT2D eigenvalue weighted by atomic mass is 10.2. The monoisotopic (exact) mass is 291 g/mol. The highest BCUT2D eigenvalue weighted by molar-refractivity contribution is 5.62. The van der Waals surface area contributed by atoms with Gasteiger partial charge in [-0.2, -0.15) is 0 Å². The molecule has 0 bridgehead atoms. The lowest BCUT2D eigenvalue weighted by Gasteiger charge is -2.23. The molecule has 0 aliphatic carbocycles. The van der Waals surface area contributed by atoms with Crippen LogP contribution in [0, 0.1) is 5.82 Å². The zero-order valence-corrected chi connectivity index (χ0v) is 12.0. The number of benzene rings is 1. The number of methoxy groups -OCH3 is 1. The molecule has 0 spiro atoms. The van der Waals surface area contributed by atoms with Crippen LogP contribution in [0.5, 0.6) is 0 Å². The zero-order chi connectivity index (χ0) is 15.2. The van der Waals surface area contributed by atoms with Gasteiger partial charge in [0.1, 0.15) is 24.1 Å². The van der Waals surface area contributed by atoms with Crippen LogP contribution in [0.3, 0.4) is 0 Å². The Hall–Kier alpha value is -2.25. The third-order valence-electron chi connectivity index (χ3n) is 2.89. The lowest BCUT2D eigenvalue weighted by Crippen LogP contribution is -2.20. The molecule has 0 radical (unpaired) electrons. The van der Waals surface area contributed by atoms with Crippen LogP contribution in [0.4, 0.5) is 21.7 Å². The van der Waals surface area contributed by atoms with E-state index in [-0.39, 0.29) is 12.4 Å². The highest BCUT2D eigenvalue weighted by Crippen LogP contribution is 2.25. The van der Waals surface area contributed by atoms with Gasteiger partial charge in [-0.15, -0.1) is 0 Å². The minimum Gasteiger partial charge on any atom is -0.377 e. The van der Waals surface area contributed by atoms with Gasteiger partial charge in [-0.05, 0) is 25.1 Å². The molecule has 1 heterocycles. The normalized spacial score (nSPS) is 10.5. The molecule has 0 saturated heterocycles. The van der Waals surface area contributed by atoms with Crippen LogP contribution in [0.15, 0.2) is 30.3 Å². The van der Waals surface area contributed by atoms with Crippen LogP contribution < -0.4 is 16.2 Å². The number of nitrogens with one attached hydrogen (secondary N) is 1. The maximum absolute atomic E-state index is 13.4. The van der Waals surface area contributed by atoms with Crippen molar-refractivity contribution < 1.29 is 9.13 Å². The summed E-state index contributed by atoms with van der Waals surface area (Å²) in [6.07, 6.45) is 0. The van der Waals surface area contributed by atoms with Crippen molar-refractivity contribution in [1.82, 2.24) is 9.97 Å². The van der Waals surface area contributed by atoms with Crippen LogP contribution in [0.1, 0.15) is 12.7 Å². The molecule has 112 valence electrons. The smallest absolute Gasteiger partial charge is 0.158 e. The van der Waals surface area contributed by atoms with E-state index in [1.165, 1.54) is 12.1 Å². The van der Waals surface area contributed by atoms with Crippen molar-refractivity contribution in [3.05, 3.63) is 42.0 Å². The largest absolute Gasteiger partial charge is 0.377 e. The highest BCUT2D eigenvalue weighted by atomic mass is 19.1. The van der Waals surface area contributed by atoms with Crippen LogP contribution >= 0.6 is 0 Å². The first-order valence-electron chi connectivity index (χ1n) is 6.54. The van der Waals surface area contributed by atoms with Crippen LogP contribution in [-0.4, -0.2) is 23.6 Å². The number of halogens is 1. The summed E-state index contributed by atoms with van der Waals surface area (Å²) < 4.78 is 18.5. The van der Waals surface area contributed by atoms with Crippen molar-refractivity contribution in [3.63, 3.8) is 0 Å². The molecule has 2 rings (SSSR count). The molecule has 0 aliphatic heterocycles. The summed E-state index contributed by atoms with van der Waals surface area (Å²) in [5.74, 6) is 6.73. The van der Waals surface area contributed by atoms with Crippen molar-refractivity contribution in [2.24, 2.45) is 5.84 Å². The van der Waals surface area contributed by atoms with E-state index in [4.69, 9.17) is 10.6 Å². The van der Waals surface area contributed by atoms with E-state index < -0.39 is 0 Å². The second kappa shape index (κ2) is 6.96. The van der Waals surface area contributed by atoms with E-state index in [1.54, 1.807) is 19.2 Å². The van der Waals surface area contributed by atoms with E-state index in [9.17, 15) is 4.39 Å². The Morgan fingerprint density at radius 2 is 2.14 bits per heavy atom. The first-order chi connectivity index (χ1) is 10.2. The van der Waals surface area contributed by atoms with Crippen LogP contribution in [0.25, 0.3) is 0 Å². The third kappa shape index (κ3) is 3.65. The number of rotatable bonds is 6. The Balaban J connectivity index is 2.43. The fourth-order valence-electron chi connectivity index (χ4n) is 2.01. The zero-order valence-electron chi connectivity index (χ0n) is 12.0. The number of anilines is 3. The molecule has 3 N–H and O–H groups in total. The second-order valence-corrected chi connectivity index (χ2v) is 4.33. The van der Waals surface area contributed by atoms with Crippen molar-refractivity contribution in [2.45, 2.75) is 13.5 Å². The van der Waals surface area contributed by atoms with Gasteiger partial charge in [-0.3, -0.25) is 0 Å². The highest BCUT2D eigenvalue weighted by Gasteiger charge is 2.12. The fourth-order valence-corrected chi connectivity index (χ4v) is 2.01. The van der Waals surface area contributed by atoms with E-state index in [2.05, 4.69) is 15.4 Å². The summed E-state index contributed by atoms with van der Waals surface area (Å²) in [7, 11) is 1.57. The summed E-state index contributed by atoms with van der Waals surface area (Å²) in [6, 6.07) is 8.04.